The second-order valence-corrected chi connectivity index (χ2v) is 10.1. The highest BCUT2D eigenvalue weighted by molar-refractivity contribution is 7.89. The average molecular weight is 468 g/mol. The molecule has 2 aromatic carbocycles. The van der Waals surface area contributed by atoms with Crippen LogP contribution in [-0.2, 0) is 10.0 Å². The van der Waals surface area contributed by atoms with Crippen molar-refractivity contribution in [3.8, 4) is 5.75 Å². The summed E-state index contributed by atoms with van der Waals surface area (Å²) in [5.74, 6) is 1.88. The van der Waals surface area contributed by atoms with Gasteiger partial charge in [0.1, 0.15) is 11.6 Å². The fourth-order valence-corrected chi connectivity index (χ4v) is 5.65. The molecule has 0 radical (unpaired) electrons. The van der Waals surface area contributed by atoms with Crippen LogP contribution in [-0.4, -0.2) is 56.0 Å². The molecule has 1 aliphatic heterocycles. The van der Waals surface area contributed by atoms with Crippen LogP contribution in [0.1, 0.15) is 16.8 Å². The van der Waals surface area contributed by atoms with Crippen LogP contribution in [0, 0.1) is 20.8 Å². The zero-order valence-electron chi connectivity index (χ0n) is 19.4. The smallest absolute Gasteiger partial charge is 0.243 e. The van der Waals surface area contributed by atoms with Gasteiger partial charge in [-0.2, -0.15) is 9.29 Å². The van der Waals surface area contributed by atoms with E-state index in [2.05, 4.69) is 15.3 Å². The Labute approximate surface area is 195 Å². The standard InChI is InChI=1S/C24H29N5O3S/c1-17-14-18(2)22(16-21(17)32-4)33(30,31)29-12-10-28(11-13-29)24-25-19(3)15-23(27-24)26-20-8-6-5-7-9-20/h5-9,14-16H,10-13H2,1-4H3,(H,25,26,27). The lowest BCUT2D eigenvalue weighted by atomic mass is 10.1. The number of aryl methyl sites for hydroxylation is 3. The molecule has 1 aliphatic rings. The Kier molecular flexibility index (Phi) is 6.53. The molecule has 0 atom stereocenters. The first-order chi connectivity index (χ1) is 15.8. The lowest BCUT2D eigenvalue weighted by molar-refractivity contribution is 0.381. The van der Waals surface area contributed by atoms with E-state index in [1.165, 1.54) is 4.31 Å². The summed E-state index contributed by atoms with van der Waals surface area (Å²) in [5.41, 5.74) is 3.42. The Morgan fingerprint density at radius 2 is 1.61 bits per heavy atom. The van der Waals surface area contributed by atoms with E-state index in [-0.39, 0.29) is 0 Å². The van der Waals surface area contributed by atoms with E-state index in [4.69, 9.17) is 4.74 Å². The molecular weight excluding hydrogens is 438 g/mol. The number of anilines is 3. The molecule has 8 nitrogen and oxygen atoms in total. The quantitative estimate of drug-likeness (QED) is 0.592. The van der Waals surface area contributed by atoms with Crippen molar-refractivity contribution in [2.24, 2.45) is 0 Å². The van der Waals surface area contributed by atoms with E-state index in [0.29, 0.717) is 48.6 Å². The highest BCUT2D eigenvalue weighted by Gasteiger charge is 2.31. The number of methoxy groups -OCH3 is 1. The molecule has 0 bridgehead atoms. The monoisotopic (exact) mass is 467 g/mol. The highest BCUT2D eigenvalue weighted by atomic mass is 32.2. The topological polar surface area (TPSA) is 87.7 Å². The molecule has 1 N–H and O–H groups in total. The number of benzene rings is 2. The molecule has 9 heteroatoms. The van der Waals surface area contributed by atoms with Gasteiger partial charge < -0.3 is 15.0 Å². The number of nitrogens with zero attached hydrogens (tertiary/aromatic N) is 4. The minimum Gasteiger partial charge on any atom is -0.496 e. The second-order valence-electron chi connectivity index (χ2n) is 8.16. The molecule has 0 unspecified atom stereocenters. The summed E-state index contributed by atoms with van der Waals surface area (Å²) in [7, 11) is -2.08. The number of hydrogen-bond acceptors (Lipinski definition) is 7. The summed E-state index contributed by atoms with van der Waals surface area (Å²) in [6.07, 6.45) is 0. The number of piperazine rings is 1. The molecule has 3 aromatic rings. The third kappa shape index (κ3) is 4.94. The maximum absolute atomic E-state index is 13.4. The van der Waals surface area contributed by atoms with Crippen molar-refractivity contribution >= 4 is 27.5 Å². The minimum absolute atomic E-state index is 0.291. The summed E-state index contributed by atoms with van der Waals surface area (Å²) < 4.78 is 33.6. The van der Waals surface area contributed by atoms with Gasteiger partial charge in [-0.05, 0) is 44.0 Å². The van der Waals surface area contributed by atoms with E-state index < -0.39 is 10.0 Å². The molecule has 0 saturated carbocycles. The average Bonchev–Trinajstić information content (AvgIpc) is 2.79. The van der Waals surface area contributed by atoms with Gasteiger partial charge >= 0.3 is 0 Å². The van der Waals surface area contributed by atoms with Gasteiger partial charge in [-0.25, -0.2) is 13.4 Å². The first-order valence-electron chi connectivity index (χ1n) is 10.9. The molecule has 174 valence electrons. The first-order valence-corrected chi connectivity index (χ1v) is 12.3. The molecule has 0 amide bonds. The summed E-state index contributed by atoms with van der Waals surface area (Å²) >= 11 is 0. The summed E-state index contributed by atoms with van der Waals surface area (Å²) in [5, 5.41) is 3.30. The zero-order chi connectivity index (χ0) is 23.6. The van der Waals surface area contributed by atoms with Crippen LogP contribution in [0.2, 0.25) is 0 Å². The summed E-state index contributed by atoms with van der Waals surface area (Å²) in [6, 6.07) is 15.2. The predicted molar refractivity (Wildman–Crippen MR) is 130 cm³/mol. The number of hydrogen-bond donors (Lipinski definition) is 1. The van der Waals surface area contributed by atoms with E-state index in [0.717, 1.165) is 22.5 Å². The van der Waals surface area contributed by atoms with E-state index >= 15 is 0 Å². The molecule has 1 saturated heterocycles. The largest absolute Gasteiger partial charge is 0.496 e. The van der Waals surface area contributed by atoms with Crippen LogP contribution in [0.15, 0.2) is 53.4 Å². The Bertz CT molecular complexity index is 1240. The van der Waals surface area contributed by atoms with Gasteiger partial charge in [0, 0.05) is 49.7 Å². The van der Waals surface area contributed by atoms with Crippen molar-refractivity contribution in [2.45, 2.75) is 25.7 Å². The summed E-state index contributed by atoms with van der Waals surface area (Å²) in [4.78, 5) is 11.6. The normalized spacial score (nSPS) is 14.8. The Morgan fingerprint density at radius 1 is 0.909 bits per heavy atom. The molecule has 1 fully saturated rings. The molecule has 2 heterocycles. The van der Waals surface area contributed by atoms with Crippen LogP contribution in [0.3, 0.4) is 0 Å². The van der Waals surface area contributed by atoms with Gasteiger partial charge in [0.15, 0.2) is 0 Å². The highest BCUT2D eigenvalue weighted by Crippen LogP contribution is 2.29. The van der Waals surface area contributed by atoms with Crippen LogP contribution < -0.4 is 15.0 Å². The van der Waals surface area contributed by atoms with Crippen LogP contribution in [0.5, 0.6) is 5.75 Å². The fraction of sp³-hybridized carbons (Fsp3) is 0.333. The van der Waals surface area contributed by atoms with Gasteiger partial charge in [-0.1, -0.05) is 24.3 Å². The van der Waals surface area contributed by atoms with Crippen molar-refractivity contribution in [1.29, 1.82) is 0 Å². The maximum Gasteiger partial charge on any atom is 0.243 e. The van der Waals surface area contributed by atoms with Crippen molar-refractivity contribution in [3.63, 3.8) is 0 Å². The van der Waals surface area contributed by atoms with Crippen molar-refractivity contribution < 1.29 is 13.2 Å². The number of ether oxygens (including phenoxy) is 1. The number of sulfonamides is 1. The SMILES string of the molecule is COc1cc(S(=O)(=O)N2CCN(c3nc(C)cc(Nc4ccccc4)n3)CC2)c(C)cc1C. The molecule has 0 aliphatic carbocycles. The zero-order valence-corrected chi connectivity index (χ0v) is 20.2. The molecular formula is C24H29N5O3S. The lowest BCUT2D eigenvalue weighted by Crippen LogP contribution is -2.49. The molecule has 33 heavy (non-hydrogen) atoms. The molecule has 4 rings (SSSR count). The van der Waals surface area contributed by atoms with Gasteiger partial charge in [-0.3, -0.25) is 0 Å². The van der Waals surface area contributed by atoms with Crippen LogP contribution >= 0.6 is 0 Å². The van der Waals surface area contributed by atoms with Crippen LogP contribution in [0.4, 0.5) is 17.5 Å². The van der Waals surface area contributed by atoms with Gasteiger partial charge in [-0.15, -0.1) is 0 Å². The van der Waals surface area contributed by atoms with E-state index in [1.54, 1.807) is 13.2 Å². The minimum atomic E-state index is -3.63. The number of para-hydroxylation sites is 1. The van der Waals surface area contributed by atoms with Crippen molar-refractivity contribution in [3.05, 3.63) is 65.4 Å². The van der Waals surface area contributed by atoms with E-state index in [9.17, 15) is 8.42 Å². The number of nitrogens with one attached hydrogen (secondary N) is 1. The Balaban J connectivity index is 1.50. The third-order valence-electron chi connectivity index (χ3n) is 5.72. The third-order valence-corrected chi connectivity index (χ3v) is 7.76. The second kappa shape index (κ2) is 9.36. The van der Waals surface area contributed by atoms with Crippen molar-refractivity contribution in [2.75, 3.05) is 43.5 Å². The first kappa shape index (κ1) is 23.0. The fourth-order valence-electron chi connectivity index (χ4n) is 4.01. The molecule has 0 spiro atoms. The predicted octanol–water partition coefficient (Wildman–Crippen LogP) is 3.66. The summed E-state index contributed by atoms with van der Waals surface area (Å²) in [6.45, 7) is 7.38. The van der Waals surface area contributed by atoms with E-state index in [1.807, 2.05) is 68.1 Å². The van der Waals surface area contributed by atoms with Gasteiger partial charge in [0.05, 0.1) is 12.0 Å². The number of aromatic nitrogens is 2. The lowest BCUT2D eigenvalue weighted by Gasteiger charge is -2.34. The maximum atomic E-state index is 13.4. The Hall–Kier alpha value is -3.17. The van der Waals surface area contributed by atoms with Gasteiger partial charge in [0.2, 0.25) is 16.0 Å². The van der Waals surface area contributed by atoms with Gasteiger partial charge in [0.25, 0.3) is 0 Å². The molecule has 1 aromatic heterocycles. The number of rotatable bonds is 6. The van der Waals surface area contributed by atoms with Crippen molar-refractivity contribution in [1.82, 2.24) is 14.3 Å². The van der Waals surface area contributed by atoms with Crippen LogP contribution in [0.25, 0.3) is 0 Å². The Morgan fingerprint density at radius 3 is 2.27 bits per heavy atom.